The smallest absolute Gasteiger partial charge is 0.251 e. The molecule has 1 amide bonds. The third-order valence-electron chi connectivity index (χ3n) is 2.51. The van der Waals surface area contributed by atoms with Gasteiger partial charge >= 0.3 is 0 Å². The monoisotopic (exact) mass is 254 g/mol. The molecule has 0 aliphatic carbocycles. The molecule has 1 aromatic carbocycles. The summed E-state index contributed by atoms with van der Waals surface area (Å²) in [6, 6.07) is 5.28. The van der Waals surface area contributed by atoms with E-state index in [4.69, 9.17) is 5.73 Å². The number of hydrogen-bond donors (Lipinski definition) is 2. The van der Waals surface area contributed by atoms with Crippen LogP contribution in [0.1, 0.15) is 22.3 Å². The van der Waals surface area contributed by atoms with Crippen molar-refractivity contribution in [3.63, 3.8) is 0 Å². The highest BCUT2D eigenvalue weighted by Gasteiger charge is 2.09. The van der Waals surface area contributed by atoms with Gasteiger partial charge in [0.05, 0.1) is 0 Å². The highest BCUT2D eigenvalue weighted by Crippen LogP contribution is 2.15. The van der Waals surface area contributed by atoms with E-state index in [2.05, 4.69) is 5.32 Å². The SMILES string of the molecule is Cc1c(N)cccc1C(=O)NCCCS(C)=O. The van der Waals surface area contributed by atoms with Crippen molar-refractivity contribution in [2.75, 3.05) is 24.3 Å². The van der Waals surface area contributed by atoms with E-state index in [1.165, 1.54) is 0 Å². The van der Waals surface area contributed by atoms with E-state index in [0.29, 0.717) is 23.5 Å². The second-order valence-electron chi connectivity index (χ2n) is 3.91. The normalized spacial score (nSPS) is 12.1. The molecule has 0 heterocycles. The molecule has 0 aliphatic heterocycles. The predicted molar refractivity (Wildman–Crippen MR) is 71.5 cm³/mol. The molecular formula is C12H18N2O2S. The Morgan fingerprint density at radius 1 is 1.47 bits per heavy atom. The van der Waals surface area contributed by atoms with Crippen LogP contribution < -0.4 is 11.1 Å². The Bertz CT molecular complexity index is 433. The van der Waals surface area contributed by atoms with Crippen molar-refractivity contribution in [2.24, 2.45) is 0 Å². The lowest BCUT2D eigenvalue weighted by Crippen LogP contribution is -2.26. The summed E-state index contributed by atoms with van der Waals surface area (Å²) in [5, 5.41) is 2.79. The number of rotatable bonds is 5. The van der Waals surface area contributed by atoms with E-state index in [1.54, 1.807) is 24.5 Å². The lowest BCUT2D eigenvalue weighted by Gasteiger charge is -2.08. The Hall–Kier alpha value is -1.36. The fourth-order valence-corrected chi connectivity index (χ4v) is 2.02. The molecule has 1 aromatic rings. The second-order valence-corrected chi connectivity index (χ2v) is 5.46. The lowest BCUT2D eigenvalue weighted by atomic mass is 10.1. The van der Waals surface area contributed by atoms with Crippen LogP contribution in [0.3, 0.4) is 0 Å². The summed E-state index contributed by atoms with van der Waals surface area (Å²) in [4.78, 5) is 11.8. The quantitative estimate of drug-likeness (QED) is 0.610. The minimum absolute atomic E-state index is 0.128. The molecule has 0 fully saturated rings. The first kappa shape index (κ1) is 13.7. The summed E-state index contributed by atoms with van der Waals surface area (Å²) < 4.78 is 10.8. The van der Waals surface area contributed by atoms with Crippen LogP contribution in [0.5, 0.6) is 0 Å². The lowest BCUT2D eigenvalue weighted by molar-refractivity contribution is 0.0953. The van der Waals surface area contributed by atoms with Crippen molar-refractivity contribution < 1.29 is 9.00 Å². The standard InChI is InChI=1S/C12H18N2O2S/c1-9-10(5-3-6-11(9)13)12(15)14-7-4-8-17(2)16/h3,5-6H,4,7-8,13H2,1-2H3,(H,14,15). The molecule has 4 nitrogen and oxygen atoms in total. The number of nitrogens with two attached hydrogens (primary N) is 1. The van der Waals surface area contributed by atoms with Crippen LogP contribution in [0.2, 0.25) is 0 Å². The van der Waals surface area contributed by atoms with E-state index in [1.807, 2.05) is 6.92 Å². The molecule has 1 rings (SSSR count). The first-order valence-electron chi connectivity index (χ1n) is 5.45. The van der Waals surface area contributed by atoms with Gasteiger partial charge in [0.25, 0.3) is 5.91 Å². The molecule has 0 saturated heterocycles. The Labute approximate surface area is 104 Å². The van der Waals surface area contributed by atoms with Crippen LogP contribution in [0, 0.1) is 6.92 Å². The number of benzene rings is 1. The van der Waals surface area contributed by atoms with Gasteiger partial charge in [-0.1, -0.05) is 6.07 Å². The molecule has 94 valence electrons. The van der Waals surface area contributed by atoms with Crippen LogP contribution >= 0.6 is 0 Å². The van der Waals surface area contributed by atoms with Gasteiger partial charge in [0.1, 0.15) is 0 Å². The summed E-state index contributed by atoms with van der Waals surface area (Å²) in [5.74, 6) is 0.479. The highest BCUT2D eigenvalue weighted by atomic mass is 32.2. The Morgan fingerprint density at radius 2 is 2.18 bits per heavy atom. The molecule has 17 heavy (non-hydrogen) atoms. The largest absolute Gasteiger partial charge is 0.398 e. The molecule has 0 aliphatic rings. The maximum atomic E-state index is 11.8. The predicted octanol–water partition coefficient (Wildman–Crippen LogP) is 1.08. The third-order valence-corrected chi connectivity index (χ3v) is 3.38. The van der Waals surface area contributed by atoms with Crippen LogP contribution in [0.4, 0.5) is 5.69 Å². The van der Waals surface area contributed by atoms with Gasteiger partial charge in [-0.15, -0.1) is 0 Å². The van der Waals surface area contributed by atoms with Gasteiger partial charge in [0.15, 0.2) is 0 Å². The zero-order valence-corrected chi connectivity index (χ0v) is 11.0. The highest BCUT2D eigenvalue weighted by molar-refractivity contribution is 7.84. The van der Waals surface area contributed by atoms with Crippen molar-refractivity contribution in [2.45, 2.75) is 13.3 Å². The topological polar surface area (TPSA) is 72.2 Å². The summed E-state index contributed by atoms with van der Waals surface area (Å²) in [6.45, 7) is 2.36. The van der Waals surface area contributed by atoms with Crippen molar-refractivity contribution in [1.29, 1.82) is 0 Å². The molecule has 0 bridgehead atoms. The molecule has 1 unspecified atom stereocenters. The van der Waals surface area contributed by atoms with Gasteiger partial charge < -0.3 is 11.1 Å². The number of carbonyl (C=O) groups is 1. The van der Waals surface area contributed by atoms with E-state index in [0.717, 1.165) is 12.0 Å². The molecular weight excluding hydrogens is 236 g/mol. The summed E-state index contributed by atoms with van der Waals surface area (Å²) in [6.07, 6.45) is 2.38. The van der Waals surface area contributed by atoms with Crippen molar-refractivity contribution in [3.05, 3.63) is 29.3 Å². The average Bonchev–Trinajstić information content (AvgIpc) is 2.27. The summed E-state index contributed by atoms with van der Waals surface area (Å²) in [7, 11) is -0.804. The fraction of sp³-hybridized carbons (Fsp3) is 0.417. The molecule has 0 aromatic heterocycles. The first-order valence-corrected chi connectivity index (χ1v) is 7.18. The van der Waals surface area contributed by atoms with Gasteiger partial charge in [-0.3, -0.25) is 9.00 Å². The Balaban J connectivity index is 2.53. The molecule has 5 heteroatoms. The maximum Gasteiger partial charge on any atom is 0.251 e. The van der Waals surface area contributed by atoms with E-state index in [9.17, 15) is 9.00 Å². The third kappa shape index (κ3) is 4.19. The number of nitrogen functional groups attached to an aromatic ring is 1. The molecule has 3 N–H and O–H groups in total. The molecule has 0 spiro atoms. The number of carbonyl (C=O) groups excluding carboxylic acids is 1. The van der Waals surface area contributed by atoms with Gasteiger partial charge in [-0.25, -0.2) is 0 Å². The number of hydrogen-bond acceptors (Lipinski definition) is 3. The van der Waals surface area contributed by atoms with E-state index < -0.39 is 10.8 Å². The van der Waals surface area contributed by atoms with Crippen LogP contribution in [-0.2, 0) is 10.8 Å². The van der Waals surface area contributed by atoms with Gasteiger partial charge in [0, 0.05) is 40.6 Å². The summed E-state index contributed by atoms with van der Waals surface area (Å²) in [5.41, 5.74) is 7.75. The minimum atomic E-state index is -0.804. The average molecular weight is 254 g/mol. The van der Waals surface area contributed by atoms with E-state index in [-0.39, 0.29) is 5.91 Å². The number of nitrogens with one attached hydrogen (secondary N) is 1. The number of anilines is 1. The van der Waals surface area contributed by atoms with E-state index >= 15 is 0 Å². The molecule has 0 saturated carbocycles. The Morgan fingerprint density at radius 3 is 2.82 bits per heavy atom. The van der Waals surface area contributed by atoms with Crippen molar-refractivity contribution in [1.82, 2.24) is 5.32 Å². The van der Waals surface area contributed by atoms with Gasteiger partial charge in [0.2, 0.25) is 0 Å². The van der Waals surface area contributed by atoms with Gasteiger partial charge in [-0.05, 0) is 31.0 Å². The fourth-order valence-electron chi connectivity index (χ4n) is 1.47. The van der Waals surface area contributed by atoms with Crippen LogP contribution in [0.25, 0.3) is 0 Å². The van der Waals surface area contributed by atoms with Crippen molar-refractivity contribution in [3.8, 4) is 0 Å². The van der Waals surface area contributed by atoms with Crippen LogP contribution in [-0.4, -0.2) is 28.7 Å². The number of amides is 1. The zero-order valence-electron chi connectivity index (χ0n) is 10.2. The second kappa shape index (κ2) is 6.39. The maximum absolute atomic E-state index is 11.8. The molecule has 0 radical (unpaired) electrons. The molecule has 1 atom stereocenters. The van der Waals surface area contributed by atoms with Crippen molar-refractivity contribution >= 4 is 22.4 Å². The van der Waals surface area contributed by atoms with Crippen LogP contribution in [0.15, 0.2) is 18.2 Å². The summed E-state index contributed by atoms with van der Waals surface area (Å²) >= 11 is 0. The first-order chi connectivity index (χ1) is 8.02. The minimum Gasteiger partial charge on any atom is -0.398 e. The Kier molecular flexibility index (Phi) is 5.15. The zero-order chi connectivity index (χ0) is 12.8. The van der Waals surface area contributed by atoms with Gasteiger partial charge in [-0.2, -0.15) is 0 Å².